The maximum atomic E-state index is 5.71. The van der Waals surface area contributed by atoms with Gasteiger partial charge in [-0.25, -0.2) is 14.7 Å². The Hall–Kier alpha value is -2.46. The standard InChI is InChI=1S/C26H32N6O.HI/c1-2-28-25(31-13-11-26(17-31)12-14-33-18-26)29-15-23-5-3-4-6-24(23)22-9-7-21(8-10-22)16-32-20-27-19-30-32;/h3-10,19-20H,2,11-18H2,1H3,(H,28,29);1H. The van der Waals surface area contributed by atoms with Crippen molar-refractivity contribution in [2.24, 2.45) is 10.4 Å². The zero-order chi connectivity index (χ0) is 22.5. The van der Waals surface area contributed by atoms with Gasteiger partial charge in [0.05, 0.1) is 19.7 Å². The van der Waals surface area contributed by atoms with E-state index in [9.17, 15) is 0 Å². The first-order chi connectivity index (χ1) is 16.2. The van der Waals surface area contributed by atoms with Crippen molar-refractivity contribution in [3.8, 4) is 11.1 Å². The Morgan fingerprint density at radius 2 is 2.00 bits per heavy atom. The van der Waals surface area contributed by atoms with Crippen LogP contribution in [0.5, 0.6) is 0 Å². The van der Waals surface area contributed by atoms with Crippen molar-refractivity contribution in [2.45, 2.75) is 32.9 Å². The van der Waals surface area contributed by atoms with Crippen molar-refractivity contribution in [3.05, 3.63) is 72.3 Å². The van der Waals surface area contributed by atoms with E-state index in [0.717, 1.165) is 45.4 Å². The summed E-state index contributed by atoms with van der Waals surface area (Å²) < 4.78 is 7.54. The van der Waals surface area contributed by atoms with Gasteiger partial charge in [-0.05, 0) is 42.0 Å². The van der Waals surface area contributed by atoms with Crippen molar-refractivity contribution >= 4 is 29.9 Å². The molecule has 2 saturated heterocycles. The number of nitrogens with zero attached hydrogens (tertiary/aromatic N) is 5. The zero-order valence-electron chi connectivity index (χ0n) is 19.7. The Balaban J connectivity index is 0.00000274. The molecule has 2 aliphatic heterocycles. The number of ether oxygens (including phenoxy) is 1. The lowest BCUT2D eigenvalue weighted by Crippen LogP contribution is -2.41. The highest BCUT2D eigenvalue weighted by Crippen LogP contribution is 2.38. The van der Waals surface area contributed by atoms with Crippen LogP contribution in [0.4, 0.5) is 0 Å². The van der Waals surface area contributed by atoms with Crippen LogP contribution < -0.4 is 5.32 Å². The molecule has 3 heterocycles. The van der Waals surface area contributed by atoms with Gasteiger partial charge in [0, 0.05) is 31.7 Å². The molecule has 34 heavy (non-hydrogen) atoms. The highest BCUT2D eigenvalue weighted by molar-refractivity contribution is 14.0. The van der Waals surface area contributed by atoms with Gasteiger partial charge in [0.15, 0.2) is 5.96 Å². The van der Waals surface area contributed by atoms with Gasteiger partial charge in [0.1, 0.15) is 12.7 Å². The summed E-state index contributed by atoms with van der Waals surface area (Å²) in [5, 5.41) is 7.70. The summed E-state index contributed by atoms with van der Waals surface area (Å²) in [6.07, 6.45) is 5.66. The predicted octanol–water partition coefficient (Wildman–Crippen LogP) is 4.19. The van der Waals surface area contributed by atoms with E-state index in [-0.39, 0.29) is 24.0 Å². The second kappa shape index (κ2) is 11.3. The average molecular weight is 572 g/mol. The molecule has 3 aromatic rings. The highest BCUT2D eigenvalue weighted by Gasteiger charge is 2.42. The third-order valence-electron chi connectivity index (χ3n) is 6.75. The lowest BCUT2D eigenvalue weighted by atomic mass is 9.87. The highest BCUT2D eigenvalue weighted by atomic mass is 127. The molecule has 0 amide bonds. The molecule has 0 aliphatic carbocycles. The Bertz CT molecular complexity index is 1080. The second-order valence-electron chi connectivity index (χ2n) is 9.09. The normalized spacial score (nSPS) is 20.0. The van der Waals surface area contributed by atoms with Crippen LogP contribution in [0.25, 0.3) is 11.1 Å². The molecule has 2 aromatic carbocycles. The van der Waals surface area contributed by atoms with E-state index in [0.29, 0.717) is 12.0 Å². The molecule has 1 N–H and O–H groups in total. The Morgan fingerprint density at radius 3 is 2.74 bits per heavy atom. The predicted molar refractivity (Wildman–Crippen MR) is 145 cm³/mol. The number of aromatic nitrogens is 3. The van der Waals surface area contributed by atoms with Gasteiger partial charge in [-0.15, -0.1) is 24.0 Å². The quantitative estimate of drug-likeness (QED) is 0.273. The molecule has 0 saturated carbocycles. The van der Waals surface area contributed by atoms with E-state index in [4.69, 9.17) is 9.73 Å². The van der Waals surface area contributed by atoms with E-state index in [2.05, 4.69) is 75.8 Å². The minimum absolute atomic E-state index is 0. The van der Waals surface area contributed by atoms with Crippen molar-refractivity contribution in [1.82, 2.24) is 25.0 Å². The molecule has 1 spiro atoms. The summed E-state index contributed by atoms with van der Waals surface area (Å²) in [5.74, 6) is 1.01. The van der Waals surface area contributed by atoms with Crippen LogP contribution in [0, 0.1) is 5.41 Å². The number of aliphatic imine (C=N–C) groups is 1. The molecule has 5 rings (SSSR count). The summed E-state index contributed by atoms with van der Waals surface area (Å²) >= 11 is 0. The molecule has 2 fully saturated rings. The molecule has 0 radical (unpaired) electrons. The van der Waals surface area contributed by atoms with Gasteiger partial charge < -0.3 is 15.0 Å². The third kappa shape index (κ3) is 5.60. The average Bonchev–Trinajstić information content (AvgIpc) is 3.62. The Kier molecular flexibility index (Phi) is 8.20. The molecular formula is C26H33IN6O. The van der Waals surface area contributed by atoms with Crippen LogP contribution in [0.2, 0.25) is 0 Å². The van der Waals surface area contributed by atoms with Crippen molar-refractivity contribution in [3.63, 3.8) is 0 Å². The summed E-state index contributed by atoms with van der Waals surface area (Å²) in [4.78, 5) is 11.5. The van der Waals surface area contributed by atoms with Crippen LogP contribution in [0.1, 0.15) is 30.9 Å². The van der Waals surface area contributed by atoms with Crippen molar-refractivity contribution < 1.29 is 4.74 Å². The van der Waals surface area contributed by atoms with Crippen LogP contribution >= 0.6 is 24.0 Å². The smallest absolute Gasteiger partial charge is 0.194 e. The lowest BCUT2D eigenvalue weighted by Gasteiger charge is -2.25. The first kappa shape index (κ1) is 24.7. The van der Waals surface area contributed by atoms with Gasteiger partial charge in [0.25, 0.3) is 0 Å². The molecule has 0 bridgehead atoms. The molecule has 1 aromatic heterocycles. The number of rotatable bonds is 6. The van der Waals surface area contributed by atoms with Crippen LogP contribution in [-0.4, -0.2) is 58.5 Å². The molecular weight excluding hydrogens is 539 g/mol. The number of likely N-dealkylation sites (tertiary alicyclic amines) is 1. The van der Waals surface area contributed by atoms with Crippen LogP contribution in [0.3, 0.4) is 0 Å². The summed E-state index contributed by atoms with van der Waals surface area (Å²) in [5.41, 5.74) is 5.19. The largest absolute Gasteiger partial charge is 0.381 e. The minimum atomic E-state index is 0. The van der Waals surface area contributed by atoms with Gasteiger partial charge in [0.2, 0.25) is 0 Å². The van der Waals surface area contributed by atoms with Crippen LogP contribution in [0.15, 0.2) is 66.2 Å². The minimum Gasteiger partial charge on any atom is -0.381 e. The molecule has 1 atom stereocenters. The maximum absolute atomic E-state index is 5.71. The first-order valence-electron chi connectivity index (χ1n) is 11.9. The number of hydrogen-bond acceptors (Lipinski definition) is 4. The molecule has 1 unspecified atom stereocenters. The van der Waals surface area contributed by atoms with E-state index in [1.807, 2.05) is 4.68 Å². The number of halogens is 1. The zero-order valence-corrected chi connectivity index (χ0v) is 22.0. The van der Waals surface area contributed by atoms with Gasteiger partial charge in [-0.2, -0.15) is 5.10 Å². The van der Waals surface area contributed by atoms with Gasteiger partial charge in [-0.1, -0.05) is 48.5 Å². The topological polar surface area (TPSA) is 67.6 Å². The molecule has 2 aliphatic rings. The first-order valence-corrected chi connectivity index (χ1v) is 11.9. The Morgan fingerprint density at radius 1 is 1.15 bits per heavy atom. The fraction of sp³-hybridized carbons (Fsp3) is 0.423. The number of nitrogens with one attached hydrogen (secondary N) is 1. The lowest BCUT2D eigenvalue weighted by molar-refractivity contribution is 0.156. The molecule has 180 valence electrons. The fourth-order valence-electron chi connectivity index (χ4n) is 4.90. The van der Waals surface area contributed by atoms with Crippen molar-refractivity contribution in [2.75, 3.05) is 32.8 Å². The second-order valence-corrected chi connectivity index (χ2v) is 9.09. The summed E-state index contributed by atoms with van der Waals surface area (Å²) in [6, 6.07) is 17.3. The Labute approximate surface area is 218 Å². The number of guanidine groups is 1. The third-order valence-corrected chi connectivity index (χ3v) is 6.75. The van der Waals surface area contributed by atoms with Crippen molar-refractivity contribution in [1.29, 1.82) is 0 Å². The molecule has 8 heteroatoms. The van der Waals surface area contributed by atoms with Crippen LogP contribution in [-0.2, 0) is 17.8 Å². The van der Waals surface area contributed by atoms with E-state index in [1.54, 1.807) is 12.7 Å². The maximum Gasteiger partial charge on any atom is 0.194 e. The number of hydrogen-bond donors (Lipinski definition) is 1. The monoisotopic (exact) mass is 572 g/mol. The SMILES string of the molecule is CCNC(=NCc1ccccc1-c1ccc(Cn2cncn2)cc1)N1CCC2(CCOC2)C1.I. The molecule has 7 nitrogen and oxygen atoms in total. The van der Waals surface area contributed by atoms with Gasteiger partial charge in [-0.3, -0.25) is 0 Å². The summed E-state index contributed by atoms with van der Waals surface area (Å²) in [7, 11) is 0. The summed E-state index contributed by atoms with van der Waals surface area (Å²) in [6.45, 7) is 8.24. The van der Waals surface area contributed by atoms with E-state index >= 15 is 0 Å². The fourth-order valence-corrected chi connectivity index (χ4v) is 4.90. The number of benzene rings is 2. The van der Waals surface area contributed by atoms with E-state index in [1.165, 1.54) is 35.1 Å². The van der Waals surface area contributed by atoms with E-state index < -0.39 is 0 Å². The van der Waals surface area contributed by atoms with Gasteiger partial charge >= 0.3 is 0 Å².